The monoisotopic (exact) mass is 346 g/mol. The van der Waals surface area contributed by atoms with Crippen molar-refractivity contribution in [2.24, 2.45) is 0 Å². The fourth-order valence-electron chi connectivity index (χ4n) is 2.12. The van der Waals surface area contributed by atoms with Crippen LogP contribution in [-0.4, -0.2) is 5.91 Å². The lowest BCUT2D eigenvalue weighted by atomic mass is 10.1. The average molecular weight is 347 g/mol. The van der Waals surface area contributed by atoms with Gasteiger partial charge >= 0.3 is 0 Å². The van der Waals surface area contributed by atoms with Crippen molar-refractivity contribution in [2.45, 2.75) is 26.8 Å². The van der Waals surface area contributed by atoms with Gasteiger partial charge in [0.2, 0.25) is 5.91 Å². The number of amides is 1. The largest absolute Gasteiger partial charge is 0.378 e. The molecule has 0 aliphatic heterocycles. The second-order valence-corrected chi connectivity index (χ2v) is 6.04. The first-order chi connectivity index (χ1) is 9.95. The Morgan fingerprint density at radius 1 is 1.14 bits per heavy atom. The minimum Gasteiger partial charge on any atom is -0.378 e. The summed E-state index contributed by atoms with van der Waals surface area (Å²) in [7, 11) is 0. The molecule has 1 atom stereocenters. The molecule has 0 spiro atoms. The van der Waals surface area contributed by atoms with Crippen molar-refractivity contribution in [3.63, 3.8) is 0 Å². The summed E-state index contributed by atoms with van der Waals surface area (Å²) in [6.45, 7) is 5.61. The summed E-state index contributed by atoms with van der Waals surface area (Å²) in [5.41, 5.74) is 4.09. The molecule has 3 nitrogen and oxygen atoms in total. The van der Waals surface area contributed by atoms with Crippen LogP contribution in [0.3, 0.4) is 0 Å². The maximum atomic E-state index is 11.2. The highest BCUT2D eigenvalue weighted by Crippen LogP contribution is 2.25. The molecule has 1 amide bonds. The molecule has 110 valence electrons. The number of hydrogen-bond acceptors (Lipinski definition) is 2. The maximum absolute atomic E-state index is 11.2. The maximum Gasteiger partial charge on any atom is 0.221 e. The summed E-state index contributed by atoms with van der Waals surface area (Å²) < 4.78 is 1.07. The molecular formula is C17H19BrN2O. The van der Waals surface area contributed by atoms with Gasteiger partial charge in [0.1, 0.15) is 0 Å². The molecule has 2 aromatic carbocycles. The van der Waals surface area contributed by atoms with E-state index in [-0.39, 0.29) is 11.9 Å². The first-order valence-corrected chi connectivity index (χ1v) is 7.65. The summed E-state index contributed by atoms with van der Waals surface area (Å²) >= 11 is 3.44. The van der Waals surface area contributed by atoms with Crippen LogP contribution in [0.4, 0.5) is 11.4 Å². The van der Waals surface area contributed by atoms with Crippen molar-refractivity contribution in [1.82, 2.24) is 0 Å². The van der Waals surface area contributed by atoms with E-state index < -0.39 is 0 Å². The molecule has 0 bridgehead atoms. The quantitative estimate of drug-likeness (QED) is 0.827. The van der Waals surface area contributed by atoms with Gasteiger partial charge in [-0.15, -0.1) is 0 Å². The zero-order chi connectivity index (χ0) is 15.4. The van der Waals surface area contributed by atoms with Gasteiger partial charge in [-0.1, -0.05) is 34.1 Å². The Labute approximate surface area is 133 Å². The summed E-state index contributed by atoms with van der Waals surface area (Å²) in [6.07, 6.45) is 0. The molecule has 1 unspecified atom stereocenters. The second kappa shape index (κ2) is 6.76. The van der Waals surface area contributed by atoms with Crippen LogP contribution in [0.1, 0.15) is 31.0 Å². The number of benzene rings is 2. The highest BCUT2D eigenvalue weighted by Gasteiger charge is 2.07. The van der Waals surface area contributed by atoms with Crippen LogP contribution in [0.15, 0.2) is 46.9 Å². The van der Waals surface area contributed by atoms with E-state index in [1.165, 1.54) is 12.5 Å². The van der Waals surface area contributed by atoms with Gasteiger partial charge in [0, 0.05) is 28.8 Å². The van der Waals surface area contributed by atoms with Crippen molar-refractivity contribution in [3.05, 3.63) is 58.1 Å². The number of carbonyl (C=O) groups is 1. The van der Waals surface area contributed by atoms with Gasteiger partial charge in [-0.3, -0.25) is 4.79 Å². The number of rotatable bonds is 4. The normalized spacial score (nSPS) is 11.8. The van der Waals surface area contributed by atoms with Gasteiger partial charge in [-0.05, 0) is 49.2 Å². The Hall–Kier alpha value is -1.81. The fourth-order valence-corrected chi connectivity index (χ4v) is 2.39. The van der Waals surface area contributed by atoms with Crippen molar-refractivity contribution < 1.29 is 4.79 Å². The summed E-state index contributed by atoms with van der Waals surface area (Å²) in [6, 6.07) is 14.4. The van der Waals surface area contributed by atoms with Gasteiger partial charge in [0.25, 0.3) is 0 Å². The van der Waals surface area contributed by atoms with Crippen LogP contribution in [0.25, 0.3) is 0 Å². The standard InChI is InChI=1S/C17H19BrN2O/c1-11-4-9-16(10-17(11)20-13(3)21)19-12(2)14-5-7-15(18)8-6-14/h4-10,12,19H,1-3H3,(H,20,21). The van der Waals surface area contributed by atoms with Gasteiger partial charge < -0.3 is 10.6 Å². The summed E-state index contributed by atoms with van der Waals surface area (Å²) in [5, 5.41) is 6.30. The van der Waals surface area contributed by atoms with Gasteiger partial charge in [-0.25, -0.2) is 0 Å². The molecular weight excluding hydrogens is 328 g/mol. The minimum atomic E-state index is -0.0591. The number of carbonyl (C=O) groups excluding carboxylic acids is 1. The first-order valence-electron chi connectivity index (χ1n) is 6.86. The predicted octanol–water partition coefficient (Wildman–Crippen LogP) is 4.89. The topological polar surface area (TPSA) is 41.1 Å². The van der Waals surface area contributed by atoms with Crippen LogP contribution in [0.5, 0.6) is 0 Å². The molecule has 4 heteroatoms. The van der Waals surface area contributed by atoms with E-state index in [9.17, 15) is 4.79 Å². The lowest BCUT2D eigenvalue weighted by molar-refractivity contribution is -0.114. The van der Waals surface area contributed by atoms with E-state index in [1.807, 2.05) is 37.3 Å². The van der Waals surface area contributed by atoms with Crippen molar-refractivity contribution in [3.8, 4) is 0 Å². The highest BCUT2D eigenvalue weighted by atomic mass is 79.9. The van der Waals surface area contributed by atoms with E-state index in [2.05, 4.69) is 45.6 Å². The number of aryl methyl sites for hydroxylation is 1. The average Bonchev–Trinajstić information content (AvgIpc) is 2.42. The number of nitrogens with one attached hydrogen (secondary N) is 2. The number of anilines is 2. The lowest BCUT2D eigenvalue weighted by Crippen LogP contribution is -2.09. The predicted molar refractivity (Wildman–Crippen MR) is 91.7 cm³/mol. The smallest absolute Gasteiger partial charge is 0.221 e. The molecule has 2 rings (SSSR count). The van der Waals surface area contributed by atoms with E-state index in [1.54, 1.807) is 0 Å². The molecule has 21 heavy (non-hydrogen) atoms. The molecule has 2 N–H and O–H groups in total. The molecule has 0 saturated heterocycles. The van der Waals surface area contributed by atoms with Crippen LogP contribution >= 0.6 is 15.9 Å². The Morgan fingerprint density at radius 2 is 1.81 bits per heavy atom. The number of halogens is 1. The summed E-state index contributed by atoms with van der Waals surface area (Å²) in [4.78, 5) is 11.2. The third-order valence-corrected chi connectivity index (χ3v) is 3.83. The van der Waals surface area contributed by atoms with E-state index in [0.717, 1.165) is 21.4 Å². The molecule has 2 aromatic rings. The van der Waals surface area contributed by atoms with Crippen molar-refractivity contribution in [1.29, 1.82) is 0 Å². The Balaban J connectivity index is 2.15. The van der Waals surface area contributed by atoms with Gasteiger partial charge in [0.15, 0.2) is 0 Å². The summed E-state index contributed by atoms with van der Waals surface area (Å²) in [5.74, 6) is -0.0591. The van der Waals surface area contributed by atoms with E-state index in [0.29, 0.717) is 0 Å². The Kier molecular flexibility index (Phi) is 5.02. The van der Waals surface area contributed by atoms with E-state index in [4.69, 9.17) is 0 Å². The van der Waals surface area contributed by atoms with Crippen LogP contribution in [-0.2, 0) is 4.79 Å². The fraction of sp³-hybridized carbons (Fsp3) is 0.235. The SMILES string of the molecule is CC(=O)Nc1cc(NC(C)c2ccc(Br)cc2)ccc1C. The van der Waals surface area contributed by atoms with Gasteiger partial charge in [0.05, 0.1) is 0 Å². The Bertz CT molecular complexity index is 638. The van der Waals surface area contributed by atoms with Gasteiger partial charge in [-0.2, -0.15) is 0 Å². The second-order valence-electron chi connectivity index (χ2n) is 5.13. The molecule has 0 saturated carbocycles. The molecule has 0 aliphatic rings. The number of hydrogen-bond donors (Lipinski definition) is 2. The van der Waals surface area contributed by atoms with Crippen LogP contribution in [0.2, 0.25) is 0 Å². The minimum absolute atomic E-state index is 0.0591. The molecule has 0 fully saturated rings. The van der Waals surface area contributed by atoms with Crippen LogP contribution < -0.4 is 10.6 Å². The molecule has 0 aromatic heterocycles. The van der Waals surface area contributed by atoms with E-state index >= 15 is 0 Å². The highest BCUT2D eigenvalue weighted by molar-refractivity contribution is 9.10. The van der Waals surface area contributed by atoms with Crippen molar-refractivity contribution in [2.75, 3.05) is 10.6 Å². The molecule has 0 aliphatic carbocycles. The molecule has 0 heterocycles. The zero-order valence-corrected chi connectivity index (χ0v) is 14.0. The third kappa shape index (κ3) is 4.33. The molecule has 0 radical (unpaired) electrons. The zero-order valence-electron chi connectivity index (χ0n) is 12.4. The Morgan fingerprint density at radius 3 is 2.43 bits per heavy atom. The first kappa shape index (κ1) is 15.6. The van der Waals surface area contributed by atoms with Crippen LogP contribution in [0, 0.1) is 6.92 Å². The van der Waals surface area contributed by atoms with Crippen molar-refractivity contribution >= 4 is 33.2 Å². The lowest BCUT2D eigenvalue weighted by Gasteiger charge is -2.17. The third-order valence-electron chi connectivity index (χ3n) is 3.30.